The maximum atomic E-state index is 8.19. The summed E-state index contributed by atoms with van der Waals surface area (Å²) < 4.78 is 5.92. The molecule has 0 aromatic heterocycles. The van der Waals surface area contributed by atoms with Crippen LogP contribution in [0.25, 0.3) is 22.3 Å². The third kappa shape index (κ3) is 4.81. The van der Waals surface area contributed by atoms with Gasteiger partial charge in [0.15, 0.2) is 11.2 Å². The van der Waals surface area contributed by atoms with Crippen LogP contribution in [-0.2, 0) is 4.18 Å². The van der Waals surface area contributed by atoms with E-state index in [4.69, 9.17) is 9.29 Å². The summed E-state index contributed by atoms with van der Waals surface area (Å²) >= 11 is 1.34. The van der Waals surface area contributed by atoms with E-state index >= 15 is 0 Å². The maximum Gasteiger partial charge on any atom is 0.187 e. The van der Waals surface area contributed by atoms with Crippen molar-refractivity contribution in [1.82, 2.24) is 0 Å². The van der Waals surface area contributed by atoms with Crippen LogP contribution < -0.4 is 0 Å². The second-order valence-electron chi connectivity index (χ2n) is 7.77. The molecule has 2 N–H and O–H groups in total. The molecule has 3 aromatic carbocycles. The molecule has 140 valence electrons. The molecular formula is C24H27O2S+. The van der Waals surface area contributed by atoms with Crippen molar-refractivity contribution in [3.05, 3.63) is 78.9 Å². The van der Waals surface area contributed by atoms with Gasteiger partial charge in [0.05, 0.1) is 0 Å². The first kappa shape index (κ1) is 19.7. The fourth-order valence-electron chi connectivity index (χ4n) is 2.45. The summed E-state index contributed by atoms with van der Waals surface area (Å²) in [6, 6.07) is 27.4. The van der Waals surface area contributed by atoms with Gasteiger partial charge in [-0.1, -0.05) is 66.7 Å². The summed E-state index contributed by atoms with van der Waals surface area (Å²) in [4.78, 5) is 1.04. The minimum Gasteiger partial charge on any atom is -0.439 e. The van der Waals surface area contributed by atoms with E-state index in [2.05, 4.69) is 72.8 Å². The summed E-state index contributed by atoms with van der Waals surface area (Å²) in [5.41, 5.74) is 3.62. The predicted octanol–water partition coefficient (Wildman–Crippen LogP) is 6.33. The Balaban J connectivity index is 1.69. The largest absolute Gasteiger partial charge is 0.439 e. The lowest BCUT2D eigenvalue weighted by Crippen LogP contribution is -2.45. The lowest BCUT2D eigenvalue weighted by Gasteiger charge is -2.31. The molecule has 0 aliphatic carbocycles. The Bertz CT molecular complexity index is 861. The van der Waals surface area contributed by atoms with Gasteiger partial charge < -0.3 is 5.11 Å². The molecule has 0 atom stereocenters. The van der Waals surface area contributed by atoms with E-state index in [0.29, 0.717) is 0 Å². The summed E-state index contributed by atoms with van der Waals surface area (Å²) in [5, 5.41) is 8.19. The van der Waals surface area contributed by atoms with Crippen LogP contribution in [0.3, 0.4) is 0 Å². The van der Waals surface area contributed by atoms with E-state index in [1.54, 1.807) is 0 Å². The SMILES string of the molecule is CC(C)([OH2+])C(C)(C)OSc1ccc(-c2ccc(-c3ccccc3)cc2)cc1. The van der Waals surface area contributed by atoms with Crippen LogP contribution in [0.15, 0.2) is 83.8 Å². The fourth-order valence-corrected chi connectivity index (χ4v) is 3.21. The second-order valence-corrected chi connectivity index (χ2v) is 8.57. The Morgan fingerprint density at radius 2 is 1.04 bits per heavy atom. The van der Waals surface area contributed by atoms with Crippen molar-refractivity contribution in [3.63, 3.8) is 0 Å². The molecule has 0 bridgehead atoms. The fraction of sp³-hybridized carbons (Fsp3) is 0.250. The Morgan fingerprint density at radius 1 is 0.630 bits per heavy atom. The Hall–Kier alpha value is -2.07. The summed E-state index contributed by atoms with van der Waals surface area (Å²) in [6.45, 7) is 7.65. The molecule has 0 spiro atoms. The van der Waals surface area contributed by atoms with Crippen LogP contribution in [0.4, 0.5) is 0 Å². The summed E-state index contributed by atoms with van der Waals surface area (Å²) in [5.74, 6) is 0. The molecular weight excluding hydrogens is 352 g/mol. The van der Waals surface area contributed by atoms with E-state index in [-0.39, 0.29) is 0 Å². The number of hydrogen-bond donors (Lipinski definition) is 0. The van der Waals surface area contributed by atoms with Gasteiger partial charge in [0.25, 0.3) is 0 Å². The van der Waals surface area contributed by atoms with E-state index in [1.807, 2.05) is 33.8 Å². The highest BCUT2D eigenvalue weighted by molar-refractivity contribution is 7.94. The molecule has 0 amide bonds. The van der Waals surface area contributed by atoms with Crippen LogP contribution in [0.1, 0.15) is 27.7 Å². The van der Waals surface area contributed by atoms with Gasteiger partial charge in [-0.15, -0.1) is 0 Å². The highest BCUT2D eigenvalue weighted by atomic mass is 32.2. The highest BCUT2D eigenvalue weighted by Crippen LogP contribution is 2.34. The van der Waals surface area contributed by atoms with Crippen molar-refractivity contribution in [3.8, 4) is 22.3 Å². The summed E-state index contributed by atoms with van der Waals surface area (Å²) in [7, 11) is 0. The van der Waals surface area contributed by atoms with E-state index in [1.165, 1.54) is 34.3 Å². The standard InChI is InChI=1S/C24H26O2S/c1-23(2,25)24(3,4)26-27-22-16-14-21(15-17-22)20-12-10-19(11-13-20)18-8-6-5-7-9-18/h5-17,25H,1-4H3/p+1. The minimum atomic E-state index is -0.666. The molecule has 0 fully saturated rings. The van der Waals surface area contributed by atoms with Crippen molar-refractivity contribution in [2.24, 2.45) is 0 Å². The molecule has 3 rings (SSSR count). The van der Waals surface area contributed by atoms with Crippen LogP contribution in [-0.4, -0.2) is 16.3 Å². The maximum absolute atomic E-state index is 8.19. The Kier molecular flexibility index (Phi) is 5.75. The first-order chi connectivity index (χ1) is 12.8. The number of hydrogen-bond acceptors (Lipinski definition) is 2. The van der Waals surface area contributed by atoms with Crippen molar-refractivity contribution >= 4 is 12.0 Å². The third-order valence-electron chi connectivity index (χ3n) is 5.03. The van der Waals surface area contributed by atoms with Crippen LogP contribution in [0, 0.1) is 0 Å². The molecule has 2 nitrogen and oxygen atoms in total. The van der Waals surface area contributed by atoms with Crippen molar-refractivity contribution < 1.29 is 9.29 Å². The lowest BCUT2D eigenvalue weighted by molar-refractivity contribution is -0.0813. The highest BCUT2D eigenvalue weighted by Gasteiger charge is 2.41. The zero-order valence-corrected chi connectivity index (χ0v) is 17.1. The monoisotopic (exact) mass is 379 g/mol. The molecule has 27 heavy (non-hydrogen) atoms. The minimum absolute atomic E-state index is 0.538. The molecule has 0 radical (unpaired) electrons. The van der Waals surface area contributed by atoms with Gasteiger partial charge in [0.2, 0.25) is 0 Å². The molecule has 3 heteroatoms. The van der Waals surface area contributed by atoms with E-state index in [0.717, 1.165) is 4.90 Å². The smallest absolute Gasteiger partial charge is 0.187 e. The average molecular weight is 380 g/mol. The van der Waals surface area contributed by atoms with Crippen molar-refractivity contribution in [2.75, 3.05) is 0 Å². The number of rotatable bonds is 6. The topological polar surface area (TPSA) is 32.1 Å². The number of benzene rings is 3. The molecule has 0 saturated carbocycles. The van der Waals surface area contributed by atoms with Crippen LogP contribution >= 0.6 is 12.0 Å². The van der Waals surface area contributed by atoms with Gasteiger partial charge in [-0.25, -0.2) is 0 Å². The molecule has 0 unspecified atom stereocenters. The average Bonchev–Trinajstić information content (AvgIpc) is 2.67. The van der Waals surface area contributed by atoms with Gasteiger partial charge in [0.1, 0.15) is 0 Å². The quantitative estimate of drug-likeness (QED) is 0.370. The second kappa shape index (κ2) is 7.89. The predicted molar refractivity (Wildman–Crippen MR) is 116 cm³/mol. The van der Waals surface area contributed by atoms with Gasteiger partial charge in [-0.05, 0) is 48.2 Å². The molecule has 3 aromatic rings. The Morgan fingerprint density at radius 3 is 1.48 bits per heavy atom. The van der Waals surface area contributed by atoms with Crippen LogP contribution in [0.2, 0.25) is 0 Å². The van der Waals surface area contributed by atoms with Gasteiger partial charge >= 0.3 is 0 Å². The van der Waals surface area contributed by atoms with E-state index < -0.39 is 11.2 Å². The lowest BCUT2D eigenvalue weighted by atomic mass is 9.90. The first-order valence-corrected chi connectivity index (χ1v) is 9.87. The normalized spacial score (nSPS) is 12.2. The van der Waals surface area contributed by atoms with Crippen LogP contribution in [0.5, 0.6) is 0 Å². The zero-order valence-electron chi connectivity index (χ0n) is 16.3. The summed E-state index contributed by atoms with van der Waals surface area (Å²) in [6.07, 6.45) is 0. The molecule has 0 heterocycles. The third-order valence-corrected chi connectivity index (χ3v) is 6.00. The van der Waals surface area contributed by atoms with Crippen molar-refractivity contribution in [2.45, 2.75) is 43.8 Å². The van der Waals surface area contributed by atoms with Gasteiger partial charge in [-0.3, -0.25) is 4.18 Å². The van der Waals surface area contributed by atoms with Gasteiger partial charge in [0, 0.05) is 30.8 Å². The van der Waals surface area contributed by atoms with E-state index in [9.17, 15) is 0 Å². The first-order valence-electron chi connectivity index (χ1n) is 9.13. The Labute approximate surface area is 166 Å². The van der Waals surface area contributed by atoms with Crippen molar-refractivity contribution in [1.29, 1.82) is 0 Å². The molecule has 0 saturated heterocycles. The van der Waals surface area contributed by atoms with Gasteiger partial charge in [-0.2, -0.15) is 0 Å². The zero-order chi connectivity index (χ0) is 19.5. The molecule has 0 aliphatic heterocycles. The molecule has 0 aliphatic rings.